The average Bonchev–Trinajstić information content (AvgIpc) is 2.79. The summed E-state index contributed by atoms with van der Waals surface area (Å²) in [5, 5.41) is 11.6. The number of aliphatic imine (C=N–C) groups is 2. The van der Waals surface area contributed by atoms with E-state index in [2.05, 4.69) is 39.6 Å². The maximum atomic E-state index is 8.19. The number of nitrogens with zero attached hydrogens (tertiary/aromatic N) is 2. The molecule has 0 saturated carbocycles. The Kier molecular flexibility index (Phi) is 12.4. The summed E-state index contributed by atoms with van der Waals surface area (Å²) in [5.74, 6) is 1.23. The van der Waals surface area contributed by atoms with Gasteiger partial charge in [-0.1, -0.05) is 56.4 Å². The van der Waals surface area contributed by atoms with Gasteiger partial charge in [-0.2, -0.15) is 0 Å². The Morgan fingerprint density at radius 3 is 2.19 bits per heavy atom. The van der Waals surface area contributed by atoms with Crippen LogP contribution in [0.2, 0.25) is 0 Å². The van der Waals surface area contributed by atoms with E-state index in [9.17, 15) is 0 Å². The largest absolute Gasteiger partial charge is 0.370 e. The first kappa shape index (κ1) is 24.9. The molecule has 1 aromatic rings. The molecule has 0 atom stereocenters. The van der Waals surface area contributed by atoms with E-state index in [1.165, 1.54) is 43.2 Å². The summed E-state index contributed by atoms with van der Waals surface area (Å²) in [7, 11) is 0. The molecule has 31 heavy (non-hydrogen) atoms. The van der Waals surface area contributed by atoms with Crippen molar-refractivity contribution in [3.8, 4) is 0 Å². The number of aryl methyl sites for hydroxylation is 1. The van der Waals surface area contributed by atoms with Crippen LogP contribution in [0.5, 0.6) is 0 Å². The van der Waals surface area contributed by atoms with Crippen molar-refractivity contribution >= 4 is 17.5 Å². The lowest BCUT2D eigenvalue weighted by molar-refractivity contribution is 0.585. The first-order valence-corrected chi connectivity index (χ1v) is 12.1. The molecule has 0 radical (unpaired) electrons. The fraction of sp³-hybridized carbons (Fsp3) is 0.640. The number of hydrogen-bond acceptors (Lipinski definition) is 4. The molecule has 0 saturated heterocycles. The van der Waals surface area contributed by atoms with E-state index in [-0.39, 0.29) is 5.96 Å². The van der Waals surface area contributed by atoms with Gasteiger partial charge in [0, 0.05) is 30.9 Å². The number of nitrogens with two attached hydrogens (primary N) is 2. The maximum absolute atomic E-state index is 8.19. The van der Waals surface area contributed by atoms with Gasteiger partial charge in [-0.3, -0.25) is 9.98 Å². The van der Waals surface area contributed by atoms with Crippen LogP contribution in [-0.4, -0.2) is 37.1 Å². The molecule has 1 aliphatic heterocycles. The highest BCUT2D eigenvalue weighted by Gasteiger charge is 2.06. The van der Waals surface area contributed by atoms with E-state index in [4.69, 9.17) is 16.9 Å². The molecule has 0 spiro atoms. The number of amidine groups is 1. The summed E-state index contributed by atoms with van der Waals surface area (Å²) in [5.41, 5.74) is 14.1. The smallest absolute Gasteiger partial charge is 0.185 e. The molecule has 1 aliphatic rings. The van der Waals surface area contributed by atoms with E-state index < -0.39 is 0 Å². The van der Waals surface area contributed by atoms with Gasteiger partial charge in [-0.05, 0) is 56.9 Å². The fourth-order valence-corrected chi connectivity index (χ4v) is 3.89. The molecule has 0 aromatic heterocycles. The summed E-state index contributed by atoms with van der Waals surface area (Å²) >= 11 is 0. The molecule has 1 aromatic carbocycles. The number of benzene rings is 1. The first-order valence-electron chi connectivity index (χ1n) is 12.1. The lowest BCUT2D eigenvalue weighted by Gasteiger charge is -2.14. The minimum atomic E-state index is 0.194. The Morgan fingerprint density at radius 2 is 1.55 bits per heavy atom. The van der Waals surface area contributed by atoms with Gasteiger partial charge >= 0.3 is 0 Å². The second-order valence-electron chi connectivity index (χ2n) is 8.55. The van der Waals surface area contributed by atoms with Crippen molar-refractivity contribution in [2.45, 2.75) is 83.5 Å². The van der Waals surface area contributed by atoms with Crippen molar-refractivity contribution < 1.29 is 0 Å². The number of rotatable bonds is 16. The lowest BCUT2D eigenvalue weighted by Crippen LogP contribution is -2.30. The molecule has 172 valence electrons. The van der Waals surface area contributed by atoms with Crippen LogP contribution < -0.4 is 16.8 Å². The molecule has 6 nitrogen and oxygen atoms in total. The summed E-state index contributed by atoms with van der Waals surface area (Å²) in [6.45, 7) is 2.70. The number of hydrogen-bond donors (Lipinski definition) is 4. The van der Waals surface area contributed by atoms with Crippen molar-refractivity contribution in [1.29, 1.82) is 5.41 Å². The van der Waals surface area contributed by atoms with Crippen LogP contribution in [0.1, 0.15) is 88.2 Å². The van der Waals surface area contributed by atoms with Crippen molar-refractivity contribution in [1.82, 2.24) is 5.32 Å². The molecule has 2 rings (SSSR count). The van der Waals surface area contributed by atoms with Crippen LogP contribution >= 0.6 is 0 Å². The van der Waals surface area contributed by atoms with Crippen LogP contribution in [0, 0.1) is 5.41 Å². The molecule has 0 aliphatic carbocycles. The Bertz CT molecular complexity index is 688. The Hall–Kier alpha value is -2.37. The third-order valence-electron chi connectivity index (χ3n) is 5.75. The van der Waals surface area contributed by atoms with E-state index in [0.717, 1.165) is 82.5 Å². The average molecular weight is 427 g/mol. The van der Waals surface area contributed by atoms with Crippen LogP contribution in [0.4, 0.5) is 0 Å². The fourth-order valence-electron chi connectivity index (χ4n) is 3.89. The van der Waals surface area contributed by atoms with Crippen molar-refractivity contribution in [2.75, 3.05) is 19.6 Å². The monoisotopic (exact) mass is 426 g/mol. The zero-order chi connectivity index (χ0) is 22.2. The van der Waals surface area contributed by atoms with Gasteiger partial charge in [-0.25, -0.2) is 0 Å². The van der Waals surface area contributed by atoms with Crippen LogP contribution in [0.25, 0.3) is 0 Å². The summed E-state index contributed by atoms with van der Waals surface area (Å²) < 4.78 is 0. The van der Waals surface area contributed by atoms with Crippen molar-refractivity contribution in [2.24, 2.45) is 21.5 Å². The van der Waals surface area contributed by atoms with Crippen molar-refractivity contribution in [3.63, 3.8) is 0 Å². The molecule has 0 amide bonds. The molecule has 0 fully saturated rings. The maximum Gasteiger partial charge on any atom is 0.185 e. The van der Waals surface area contributed by atoms with E-state index in [0.29, 0.717) is 0 Å². The molecule has 0 unspecified atom stereocenters. The summed E-state index contributed by atoms with van der Waals surface area (Å²) in [6, 6.07) is 8.80. The Morgan fingerprint density at radius 1 is 0.903 bits per heavy atom. The quantitative estimate of drug-likeness (QED) is 0.177. The standard InChI is InChI=1S/C25H42N6/c26-23(12-6-4-2-1-3-5-9-18-31-25(27)28)13-8-7-11-21-14-16-22(17-15-21)24-29-19-10-20-30-24/h14-17,26H,1-13,18-20H2,(H,29,30)(H4,27,28,31). The third kappa shape index (κ3) is 11.6. The number of guanidine groups is 1. The summed E-state index contributed by atoms with van der Waals surface area (Å²) in [4.78, 5) is 8.56. The SMILES string of the molecule is N=C(CCCCCCCCCN=C(N)N)CCCCc1ccc(C2=NCCCN2)cc1. The third-order valence-corrected chi connectivity index (χ3v) is 5.75. The second kappa shape index (κ2) is 15.4. The lowest BCUT2D eigenvalue weighted by atomic mass is 10.0. The van der Waals surface area contributed by atoms with Crippen LogP contribution in [0.15, 0.2) is 34.3 Å². The highest BCUT2D eigenvalue weighted by atomic mass is 15.0. The topological polar surface area (TPSA) is 113 Å². The minimum absolute atomic E-state index is 0.194. The number of nitrogens with one attached hydrogen (secondary N) is 2. The van der Waals surface area contributed by atoms with Crippen LogP contribution in [-0.2, 0) is 6.42 Å². The van der Waals surface area contributed by atoms with Gasteiger partial charge in [0.2, 0.25) is 0 Å². The molecular weight excluding hydrogens is 384 g/mol. The van der Waals surface area contributed by atoms with E-state index >= 15 is 0 Å². The van der Waals surface area contributed by atoms with Gasteiger partial charge in [0.15, 0.2) is 5.96 Å². The molecule has 6 N–H and O–H groups in total. The summed E-state index contributed by atoms with van der Waals surface area (Å²) in [6.07, 6.45) is 14.9. The minimum Gasteiger partial charge on any atom is -0.370 e. The highest BCUT2D eigenvalue weighted by molar-refractivity contribution is 5.99. The van der Waals surface area contributed by atoms with Gasteiger partial charge in [0.25, 0.3) is 0 Å². The van der Waals surface area contributed by atoms with Gasteiger partial charge in [-0.15, -0.1) is 0 Å². The zero-order valence-electron chi connectivity index (χ0n) is 19.2. The molecular formula is C25H42N6. The predicted octanol–water partition coefficient (Wildman–Crippen LogP) is 4.55. The molecule has 1 heterocycles. The Balaban J connectivity index is 1.44. The molecule has 0 bridgehead atoms. The van der Waals surface area contributed by atoms with Crippen LogP contribution in [0.3, 0.4) is 0 Å². The number of unbranched alkanes of at least 4 members (excludes halogenated alkanes) is 7. The van der Waals surface area contributed by atoms with E-state index in [1.54, 1.807) is 0 Å². The Labute approximate surface area is 188 Å². The first-order chi connectivity index (χ1) is 15.1. The normalized spacial score (nSPS) is 13.4. The van der Waals surface area contributed by atoms with Gasteiger partial charge in [0.1, 0.15) is 5.84 Å². The van der Waals surface area contributed by atoms with Gasteiger partial charge in [0.05, 0.1) is 0 Å². The predicted molar refractivity (Wildman–Crippen MR) is 133 cm³/mol. The molecule has 6 heteroatoms. The zero-order valence-corrected chi connectivity index (χ0v) is 19.2. The highest BCUT2D eigenvalue weighted by Crippen LogP contribution is 2.13. The van der Waals surface area contributed by atoms with Gasteiger partial charge < -0.3 is 22.2 Å². The van der Waals surface area contributed by atoms with E-state index in [1.807, 2.05) is 0 Å². The van der Waals surface area contributed by atoms with Crippen molar-refractivity contribution in [3.05, 3.63) is 35.4 Å². The second-order valence-corrected chi connectivity index (χ2v) is 8.55.